The zero-order chi connectivity index (χ0) is 18.5. The van der Waals surface area contributed by atoms with Crippen LogP contribution in [0.2, 0.25) is 0 Å². The number of aryl methyl sites for hydroxylation is 2. The summed E-state index contributed by atoms with van der Waals surface area (Å²) >= 11 is 1.42. The molecule has 0 aromatic carbocycles. The summed E-state index contributed by atoms with van der Waals surface area (Å²) < 4.78 is 4.37. The molecule has 1 aliphatic rings. The predicted octanol–water partition coefficient (Wildman–Crippen LogP) is 2.71. The lowest BCUT2D eigenvalue weighted by molar-refractivity contribution is 0.362. The number of nitrogens with zero attached hydrogens (tertiary/aromatic N) is 5. The molecular formula is C19H20N6OS. The van der Waals surface area contributed by atoms with Crippen molar-refractivity contribution in [1.29, 1.82) is 0 Å². The molecule has 138 valence electrons. The van der Waals surface area contributed by atoms with Gasteiger partial charge in [-0.05, 0) is 57.5 Å². The molecule has 27 heavy (non-hydrogen) atoms. The standard InChI is InChI=1S/C19H20N6OS/c1-11-9-15(23-25-10-12(2)21-17(11)25)18-22-14-5-8-24(19(26)16(14)27-18)13-3-6-20-7-4-13/h5,8-10,13,20H,3-4,6-7H2,1-2H3. The predicted molar refractivity (Wildman–Crippen MR) is 106 cm³/mol. The Morgan fingerprint density at radius 3 is 2.85 bits per heavy atom. The minimum Gasteiger partial charge on any atom is -0.317 e. The van der Waals surface area contributed by atoms with Crippen LogP contribution in [0.1, 0.15) is 30.1 Å². The van der Waals surface area contributed by atoms with Gasteiger partial charge in [0, 0.05) is 12.2 Å². The number of aromatic nitrogens is 5. The Bertz CT molecular complexity index is 1210. The van der Waals surface area contributed by atoms with Gasteiger partial charge in [0.2, 0.25) is 0 Å². The van der Waals surface area contributed by atoms with Crippen LogP contribution in [0.25, 0.3) is 26.6 Å². The summed E-state index contributed by atoms with van der Waals surface area (Å²) in [7, 11) is 0. The maximum atomic E-state index is 13.0. The molecule has 1 aliphatic heterocycles. The molecule has 0 saturated carbocycles. The van der Waals surface area contributed by atoms with Crippen molar-refractivity contribution in [3.63, 3.8) is 0 Å². The highest BCUT2D eigenvalue weighted by Crippen LogP contribution is 2.29. The third kappa shape index (κ3) is 2.76. The van der Waals surface area contributed by atoms with Crippen LogP contribution in [-0.2, 0) is 0 Å². The third-order valence-electron chi connectivity index (χ3n) is 5.13. The van der Waals surface area contributed by atoms with Crippen LogP contribution < -0.4 is 10.9 Å². The lowest BCUT2D eigenvalue weighted by Gasteiger charge is -2.24. The lowest BCUT2D eigenvalue weighted by Crippen LogP contribution is -2.33. The number of hydrogen-bond acceptors (Lipinski definition) is 6. The highest BCUT2D eigenvalue weighted by atomic mass is 32.1. The SMILES string of the molecule is Cc1cn2nc(-c3nc4ccn(C5CCNCC5)c(=O)c4s3)cc(C)c2n1. The van der Waals surface area contributed by atoms with E-state index in [9.17, 15) is 4.79 Å². The largest absolute Gasteiger partial charge is 0.317 e. The van der Waals surface area contributed by atoms with E-state index in [0.29, 0.717) is 4.70 Å². The quantitative estimate of drug-likeness (QED) is 0.579. The van der Waals surface area contributed by atoms with Crippen molar-refractivity contribution < 1.29 is 0 Å². The highest BCUT2D eigenvalue weighted by molar-refractivity contribution is 7.21. The van der Waals surface area contributed by atoms with Crippen LogP contribution in [-0.4, -0.2) is 37.2 Å². The Balaban J connectivity index is 1.62. The molecule has 5 rings (SSSR count). The van der Waals surface area contributed by atoms with Crippen LogP contribution in [0.15, 0.2) is 29.3 Å². The van der Waals surface area contributed by atoms with Gasteiger partial charge in [-0.25, -0.2) is 14.5 Å². The molecule has 5 heterocycles. The first-order valence-electron chi connectivity index (χ1n) is 9.16. The number of rotatable bonds is 2. The summed E-state index contributed by atoms with van der Waals surface area (Å²) in [4.78, 5) is 22.2. The monoisotopic (exact) mass is 380 g/mol. The Kier molecular flexibility index (Phi) is 3.84. The van der Waals surface area contributed by atoms with E-state index in [2.05, 4.69) is 20.4 Å². The van der Waals surface area contributed by atoms with Gasteiger partial charge in [0.25, 0.3) is 5.56 Å². The molecule has 0 atom stereocenters. The first-order chi connectivity index (χ1) is 13.1. The van der Waals surface area contributed by atoms with Gasteiger partial charge in [0.05, 0.1) is 17.4 Å². The lowest BCUT2D eigenvalue weighted by atomic mass is 10.1. The molecule has 0 bridgehead atoms. The Labute approximate surface area is 159 Å². The molecule has 0 amide bonds. The van der Waals surface area contributed by atoms with E-state index >= 15 is 0 Å². The average Bonchev–Trinajstić information content (AvgIpc) is 3.26. The van der Waals surface area contributed by atoms with Crippen LogP contribution in [0, 0.1) is 13.8 Å². The summed E-state index contributed by atoms with van der Waals surface area (Å²) in [5.74, 6) is 0. The van der Waals surface area contributed by atoms with Crippen LogP contribution in [0.3, 0.4) is 0 Å². The topological polar surface area (TPSA) is 77.1 Å². The summed E-state index contributed by atoms with van der Waals surface area (Å²) in [5, 5.41) is 8.76. The third-order valence-corrected chi connectivity index (χ3v) is 6.21. The zero-order valence-corrected chi connectivity index (χ0v) is 16.1. The molecule has 1 fully saturated rings. The first-order valence-corrected chi connectivity index (χ1v) is 9.98. The fraction of sp³-hybridized carbons (Fsp3) is 0.368. The van der Waals surface area contributed by atoms with Crippen molar-refractivity contribution in [3.05, 3.63) is 46.1 Å². The summed E-state index contributed by atoms with van der Waals surface area (Å²) in [6.07, 6.45) is 5.76. The van der Waals surface area contributed by atoms with E-state index in [4.69, 9.17) is 0 Å². The van der Waals surface area contributed by atoms with Crippen LogP contribution >= 0.6 is 11.3 Å². The van der Waals surface area contributed by atoms with Crippen LogP contribution in [0.5, 0.6) is 0 Å². The minimum atomic E-state index is 0.0550. The number of hydrogen-bond donors (Lipinski definition) is 1. The van der Waals surface area contributed by atoms with Crippen molar-refractivity contribution in [1.82, 2.24) is 29.5 Å². The van der Waals surface area contributed by atoms with Crippen molar-refractivity contribution in [3.8, 4) is 10.7 Å². The van der Waals surface area contributed by atoms with Gasteiger partial charge in [0.15, 0.2) is 5.65 Å². The number of nitrogens with one attached hydrogen (secondary N) is 1. The molecule has 7 nitrogen and oxygen atoms in total. The molecule has 0 aliphatic carbocycles. The van der Waals surface area contributed by atoms with Gasteiger partial charge in [-0.15, -0.1) is 11.3 Å². The molecule has 0 spiro atoms. The number of piperidine rings is 1. The first kappa shape index (κ1) is 16.6. The van der Waals surface area contributed by atoms with Crippen molar-refractivity contribution in [2.45, 2.75) is 32.7 Å². The van der Waals surface area contributed by atoms with E-state index in [0.717, 1.165) is 59.1 Å². The van der Waals surface area contributed by atoms with E-state index < -0.39 is 0 Å². The summed E-state index contributed by atoms with van der Waals surface area (Å²) in [6, 6.07) is 4.20. The van der Waals surface area contributed by atoms with Gasteiger partial charge in [-0.3, -0.25) is 4.79 Å². The molecule has 0 unspecified atom stereocenters. The molecule has 4 aromatic heterocycles. The fourth-order valence-electron chi connectivity index (χ4n) is 3.77. The van der Waals surface area contributed by atoms with Gasteiger partial charge in [0.1, 0.15) is 15.4 Å². The Morgan fingerprint density at radius 1 is 1.22 bits per heavy atom. The maximum absolute atomic E-state index is 13.0. The smallest absolute Gasteiger partial charge is 0.270 e. The number of imidazole rings is 1. The van der Waals surface area contributed by atoms with E-state index in [1.807, 2.05) is 42.9 Å². The number of fused-ring (bicyclic) bond motifs is 2. The van der Waals surface area contributed by atoms with Gasteiger partial charge < -0.3 is 9.88 Å². The Hall–Kier alpha value is -2.58. The second kappa shape index (κ2) is 6.24. The van der Waals surface area contributed by atoms with Crippen molar-refractivity contribution in [2.24, 2.45) is 0 Å². The summed E-state index contributed by atoms with van der Waals surface area (Å²) in [6.45, 7) is 5.88. The highest BCUT2D eigenvalue weighted by Gasteiger charge is 2.19. The molecule has 4 aromatic rings. The number of pyridine rings is 1. The van der Waals surface area contributed by atoms with E-state index in [1.54, 1.807) is 4.52 Å². The van der Waals surface area contributed by atoms with Crippen LogP contribution in [0.4, 0.5) is 0 Å². The molecule has 1 saturated heterocycles. The van der Waals surface area contributed by atoms with Gasteiger partial charge in [-0.1, -0.05) is 0 Å². The zero-order valence-electron chi connectivity index (χ0n) is 15.3. The number of thiazole rings is 1. The molecule has 1 N–H and O–H groups in total. The minimum absolute atomic E-state index is 0.0550. The second-order valence-corrected chi connectivity index (χ2v) is 8.10. The normalized spacial score (nSPS) is 15.8. The molecule has 8 heteroatoms. The van der Waals surface area contributed by atoms with E-state index in [-0.39, 0.29) is 11.6 Å². The Morgan fingerprint density at radius 2 is 2.04 bits per heavy atom. The summed E-state index contributed by atoms with van der Waals surface area (Å²) in [5.41, 5.74) is 4.39. The van der Waals surface area contributed by atoms with E-state index in [1.165, 1.54) is 11.3 Å². The van der Waals surface area contributed by atoms with Crippen molar-refractivity contribution >= 4 is 27.2 Å². The molecular weight excluding hydrogens is 360 g/mol. The average molecular weight is 380 g/mol. The fourth-order valence-corrected chi connectivity index (χ4v) is 4.72. The van der Waals surface area contributed by atoms with Crippen molar-refractivity contribution in [2.75, 3.05) is 13.1 Å². The van der Waals surface area contributed by atoms with Gasteiger partial charge in [-0.2, -0.15) is 5.10 Å². The molecule has 0 radical (unpaired) electrons. The van der Waals surface area contributed by atoms with Gasteiger partial charge >= 0.3 is 0 Å². The maximum Gasteiger partial charge on any atom is 0.270 e. The second-order valence-electron chi connectivity index (χ2n) is 7.11.